The predicted molar refractivity (Wildman–Crippen MR) is 94.0 cm³/mol. The van der Waals surface area contributed by atoms with E-state index in [9.17, 15) is 0 Å². The highest BCUT2D eigenvalue weighted by Gasteiger charge is 2.18. The summed E-state index contributed by atoms with van der Waals surface area (Å²) in [5, 5.41) is 7.09. The fourth-order valence-corrected chi connectivity index (χ4v) is 3.64. The summed E-state index contributed by atoms with van der Waals surface area (Å²) in [6, 6.07) is 0. The minimum absolute atomic E-state index is 0.562. The molecule has 2 aliphatic rings. The topological polar surface area (TPSA) is 33.8 Å². The van der Waals surface area contributed by atoms with E-state index in [0.717, 1.165) is 0 Å². The maximum atomic E-state index is 3.55. The van der Waals surface area contributed by atoms with Crippen molar-refractivity contribution in [2.45, 2.75) is 51.9 Å². The van der Waals surface area contributed by atoms with Crippen molar-refractivity contribution < 1.29 is 0 Å². The quantitative estimate of drug-likeness (QED) is 0.698. The first kappa shape index (κ1) is 18.1. The Labute approximate surface area is 137 Å². The van der Waals surface area contributed by atoms with Gasteiger partial charge in [-0.25, -0.2) is 0 Å². The second kappa shape index (κ2) is 9.83. The van der Waals surface area contributed by atoms with Crippen molar-refractivity contribution >= 4 is 0 Å². The third-order valence-corrected chi connectivity index (χ3v) is 5.19. The summed E-state index contributed by atoms with van der Waals surface area (Å²) < 4.78 is 0. The molecule has 0 bridgehead atoms. The molecule has 0 amide bonds. The van der Waals surface area contributed by atoms with Crippen LogP contribution in [0.15, 0.2) is 0 Å². The molecule has 22 heavy (non-hydrogen) atoms. The van der Waals surface area contributed by atoms with E-state index in [4.69, 9.17) is 0 Å². The zero-order chi connectivity index (χ0) is 15.8. The zero-order valence-electron chi connectivity index (χ0n) is 15.0. The SMILES string of the molecule is CC1NCCCN1CCCN(C)CCCN1CCCNC1C. The van der Waals surface area contributed by atoms with Crippen LogP contribution in [0.5, 0.6) is 0 Å². The van der Waals surface area contributed by atoms with Gasteiger partial charge in [0.05, 0.1) is 12.3 Å². The molecule has 0 aliphatic carbocycles. The zero-order valence-corrected chi connectivity index (χ0v) is 15.0. The van der Waals surface area contributed by atoms with Gasteiger partial charge in [0.15, 0.2) is 0 Å². The van der Waals surface area contributed by atoms with Crippen molar-refractivity contribution in [2.75, 3.05) is 59.4 Å². The lowest BCUT2D eigenvalue weighted by Crippen LogP contribution is -2.50. The molecular formula is C17H37N5. The van der Waals surface area contributed by atoms with E-state index in [1.165, 1.54) is 78.0 Å². The summed E-state index contributed by atoms with van der Waals surface area (Å²) in [6.07, 6.45) is 6.28. The summed E-state index contributed by atoms with van der Waals surface area (Å²) in [5.74, 6) is 0. The van der Waals surface area contributed by atoms with Crippen LogP contribution in [0.25, 0.3) is 0 Å². The van der Waals surface area contributed by atoms with Crippen LogP contribution in [-0.2, 0) is 0 Å². The lowest BCUT2D eigenvalue weighted by molar-refractivity contribution is 0.129. The molecule has 0 saturated carbocycles. The van der Waals surface area contributed by atoms with Gasteiger partial charge in [0, 0.05) is 26.2 Å². The molecule has 2 rings (SSSR count). The largest absolute Gasteiger partial charge is 0.306 e. The van der Waals surface area contributed by atoms with E-state index in [1.807, 2.05) is 0 Å². The molecule has 2 N–H and O–H groups in total. The molecule has 0 aromatic heterocycles. The number of nitrogens with zero attached hydrogens (tertiary/aromatic N) is 3. The molecule has 2 aliphatic heterocycles. The third-order valence-electron chi connectivity index (χ3n) is 5.19. The van der Waals surface area contributed by atoms with E-state index in [-0.39, 0.29) is 0 Å². The molecule has 0 radical (unpaired) electrons. The van der Waals surface area contributed by atoms with Crippen molar-refractivity contribution in [3.8, 4) is 0 Å². The molecule has 2 atom stereocenters. The van der Waals surface area contributed by atoms with Crippen LogP contribution in [-0.4, -0.2) is 86.4 Å². The number of hydrogen-bond acceptors (Lipinski definition) is 5. The smallest absolute Gasteiger partial charge is 0.0567 e. The van der Waals surface area contributed by atoms with Crippen molar-refractivity contribution in [3.05, 3.63) is 0 Å². The van der Waals surface area contributed by atoms with Crippen molar-refractivity contribution in [1.82, 2.24) is 25.3 Å². The molecule has 2 unspecified atom stereocenters. The third kappa shape index (κ3) is 6.13. The van der Waals surface area contributed by atoms with E-state index in [2.05, 4.69) is 46.2 Å². The average molecular weight is 312 g/mol. The molecule has 2 saturated heterocycles. The summed E-state index contributed by atoms with van der Waals surface area (Å²) in [7, 11) is 2.27. The van der Waals surface area contributed by atoms with Crippen molar-refractivity contribution in [1.29, 1.82) is 0 Å². The highest BCUT2D eigenvalue weighted by molar-refractivity contribution is 4.73. The molecule has 0 aromatic rings. The molecule has 5 nitrogen and oxygen atoms in total. The first-order chi connectivity index (χ1) is 10.7. The Balaban J connectivity index is 1.51. The van der Waals surface area contributed by atoms with Gasteiger partial charge >= 0.3 is 0 Å². The highest BCUT2D eigenvalue weighted by atomic mass is 15.3. The average Bonchev–Trinajstić information content (AvgIpc) is 2.51. The Morgan fingerprint density at radius 3 is 1.73 bits per heavy atom. The number of nitrogens with one attached hydrogen (secondary N) is 2. The second-order valence-electron chi connectivity index (χ2n) is 7.05. The fraction of sp³-hybridized carbons (Fsp3) is 1.00. The van der Waals surface area contributed by atoms with Gasteiger partial charge in [-0.3, -0.25) is 9.80 Å². The Kier molecular flexibility index (Phi) is 8.11. The Hall–Kier alpha value is -0.200. The Bertz CT molecular complexity index is 271. The maximum Gasteiger partial charge on any atom is 0.0567 e. The van der Waals surface area contributed by atoms with Gasteiger partial charge in [-0.1, -0.05) is 0 Å². The molecule has 0 aromatic carbocycles. The lowest BCUT2D eigenvalue weighted by atomic mass is 10.2. The molecule has 5 heteroatoms. The van der Waals surface area contributed by atoms with Gasteiger partial charge in [-0.15, -0.1) is 0 Å². The molecular weight excluding hydrogens is 274 g/mol. The molecule has 0 spiro atoms. The first-order valence-electron chi connectivity index (χ1n) is 9.30. The normalized spacial score (nSPS) is 28.4. The van der Waals surface area contributed by atoms with E-state index < -0.39 is 0 Å². The van der Waals surface area contributed by atoms with Crippen LogP contribution in [0.2, 0.25) is 0 Å². The van der Waals surface area contributed by atoms with Crippen LogP contribution in [0.3, 0.4) is 0 Å². The fourth-order valence-electron chi connectivity index (χ4n) is 3.64. The van der Waals surface area contributed by atoms with Gasteiger partial charge in [0.25, 0.3) is 0 Å². The van der Waals surface area contributed by atoms with Gasteiger partial charge in [0.2, 0.25) is 0 Å². The number of hydrogen-bond donors (Lipinski definition) is 2. The highest BCUT2D eigenvalue weighted by Crippen LogP contribution is 2.06. The van der Waals surface area contributed by atoms with Gasteiger partial charge in [0.1, 0.15) is 0 Å². The minimum atomic E-state index is 0.562. The van der Waals surface area contributed by atoms with Gasteiger partial charge in [-0.05, 0) is 72.8 Å². The minimum Gasteiger partial charge on any atom is -0.306 e. The van der Waals surface area contributed by atoms with Crippen LogP contribution in [0, 0.1) is 0 Å². The molecule has 130 valence electrons. The van der Waals surface area contributed by atoms with E-state index >= 15 is 0 Å². The van der Waals surface area contributed by atoms with E-state index in [1.54, 1.807) is 0 Å². The first-order valence-corrected chi connectivity index (χ1v) is 9.30. The van der Waals surface area contributed by atoms with Crippen LogP contribution in [0.4, 0.5) is 0 Å². The van der Waals surface area contributed by atoms with Gasteiger partial charge < -0.3 is 15.5 Å². The Morgan fingerprint density at radius 2 is 1.32 bits per heavy atom. The summed E-state index contributed by atoms with van der Waals surface area (Å²) >= 11 is 0. The Morgan fingerprint density at radius 1 is 0.864 bits per heavy atom. The molecule has 2 fully saturated rings. The maximum absolute atomic E-state index is 3.55. The van der Waals surface area contributed by atoms with E-state index in [0.29, 0.717) is 12.3 Å². The molecule has 2 heterocycles. The van der Waals surface area contributed by atoms with Crippen LogP contribution in [0.1, 0.15) is 39.5 Å². The standard InChI is InChI=1S/C17H37N5/c1-16-18-8-4-12-21(16)14-6-10-20(3)11-7-15-22-13-5-9-19-17(22)2/h16-19H,4-15H2,1-3H3. The summed E-state index contributed by atoms with van der Waals surface area (Å²) in [5.41, 5.74) is 0. The second-order valence-corrected chi connectivity index (χ2v) is 7.05. The number of rotatable bonds is 8. The monoisotopic (exact) mass is 311 g/mol. The van der Waals surface area contributed by atoms with Crippen molar-refractivity contribution in [3.63, 3.8) is 0 Å². The van der Waals surface area contributed by atoms with Gasteiger partial charge in [-0.2, -0.15) is 0 Å². The van der Waals surface area contributed by atoms with Crippen LogP contribution < -0.4 is 10.6 Å². The summed E-state index contributed by atoms with van der Waals surface area (Å²) in [6.45, 7) is 14.4. The van der Waals surface area contributed by atoms with Crippen molar-refractivity contribution in [2.24, 2.45) is 0 Å². The lowest BCUT2D eigenvalue weighted by Gasteiger charge is -2.35. The predicted octanol–water partition coefficient (Wildman–Crippen LogP) is 0.981. The summed E-state index contributed by atoms with van der Waals surface area (Å²) in [4.78, 5) is 7.67. The van der Waals surface area contributed by atoms with Crippen LogP contribution >= 0.6 is 0 Å².